The standard InChI is InChI=1S/C22H20Cl3N5/c1-12(2)22-26-21(28-29(22)4)19-13(3)20(14-5-7-15(23)8-6-14)30(27-19)18-10-9-16(24)11-17(18)25/h5-12H,1-4H3. The zero-order valence-electron chi connectivity index (χ0n) is 17.0. The molecule has 0 aliphatic carbocycles. The van der Waals surface area contributed by atoms with Gasteiger partial charge in [-0.1, -0.05) is 60.8 Å². The topological polar surface area (TPSA) is 48.5 Å². The highest BCUT2D eigenvalue weighted by molar-refractivity contribution is 6.35. The van der Waals surface area contributed by atoms with E-state index >= 15 is 0 Å². The maximum Gasteiger partial charge on any atom is 0.202 e. The number of benzene rings is 2. The fraction of sp³-hybridized carbons (Fsp3) is 0.227. The molecule has 0 spiro atoms. The summed E-state index contributed by atoms with van der Waals surface area (Å²) in [6.07, 6.45) is 0. The molecule has 0 atom stereocenters. The first-order chi connectivity index (χ1) is 14.3. The van der Waals surface area contributed by atoms with Crippen LogP contribution >= 0.6 is 34.8 Å². The van der Waals surface area contributed by atoms with E-state index in [2.05, 4.69) is 18.9 Å². The lowest BCUT2D eigenvalue weighted by molar-refractivity contribution is 0.655. The maximum atomic E-state index is 6.53. The maximum absolute atomic E-state index is 6.53. The molecule has 8 heteroatoms. The molecule has 2 aromatic heterocycles. The Morgan fingerprint density at radius 2 is 1.57 bits per heavy atom. The van der Waals surface area contributed by atoms with E-state index in [0.717, 1.165) is 28.3 Å². The van der Waals surface area contributed by atoms with Crippen molar-refractivity contribution in [3.05, 3.63) is 68.9 Å². The molecule has 0 amide bonds. The van der Waals surface area contributed by atoms with Crippen LogP contribution in [0.5, 0.6) is 0 Å². The number of hydrogen-bond acceptors (Lipinski definition) is 3. The Morgan fingerprint density at radius 1 is 0.900 bits per heavy atom. The van der Waals surface area contributed by atoms with Crippen LogP contribution in [0, 0.1) is 6.92 Å². The minimum atomic E-state index is 0.250. The van der Waals surface area contributed by atoms with Crippen molar-refractivity contribution in [3.63, 3.8) is 0 Å². The van der Waals surface area contributed by atoms with Gasteiger partial charge in [-0.3, -0.25) is 4.68 Å². The normalized spacial score (nSPS) is 11.5. The Morgan fingerprint density at radius 3 is 2.17 bits per heavy atom. The van der Waals surface area contributed by atoms with Crippen molar-refractivity contribution >= 4 is 34.8 Å². The second-order valence-corrected chi connectivity index (χ2v) is 8.69. The van der Waals surface area contributed by atoms with E-state index in [4.69, 9.17) is 44.9 Å². The molecule has 2 heterocycles. The van der Waals surface area contributed by atoms with Crippen LogP contribution in [0.3, 0.4) is 0 Å². The second-order valence-electron chi connectivity index (χ2n) is 7.41. The van der Waals surface area contributed by atoms with Crippen molar-refractivity contribution in [2.75, 3.05) is 0 Å². The Balaban J connectivity index is 1.98. The molecular formula is C22H20Cl3N5. The van der Waals surface area contributed by atoms with Crippen LogP contribution < -0.4 is 0 Å². The first-order valence-electron chi connectivity index (χ1n) is 9.48. The van der Waals surface area contributed by atoms with E-state index in [1.807, 2.05) is 49.0 Å². The van der Waals surface area contributed by atoms with Crippen LogP contribution in [0.4, 0.5) is 0 Å². The third kappa shape index (κ3) is 3.73. The van der Waals surface area contributed by atoms with Crippen molar-refractivity contribution in [2.24, 2.45) is 7.05 Å². The van der Waals surface area contributed by atoms with Gasteiger partial charge in [0.2, 0.25) is 5.82 Å². The SMILES string of the molecule is Cc1c(-c2nc(C(C)C)n(C)n2)nn(-c2ccc(Cl)cc2Cl)c1-c1ccc(Cl)cc1. The summed E-state index contributed by atoms with van der Waals surface area (Å²) in [6, 6.07) is 13.0. The van der Waals surface area contributed by atoms with Gasteiger partial charge in [-0.25, -0.2) is 9.67 Å². The summed E-state index contributed by atoms with van der Waals surface area (Å²) < 4.78 is 3.62. The van der Waals surface area contributed by atoms with Gasteiger partial charge >= 0.3 is 0 Å². The molecule has 0 aliphatic rings. The van der Waals surface area contributed by atoms with Crippen LogP contribution in [0.15, 0.2) is 42.5 Å². The number of rotatable bonds is 4. The lowest BCUT2D eigenvalue weighted by Crippen LogP contribution is -2.01. The Kier molecular flexibility index (Phi) is 5.62. The molecule has 4 rings (SSSR count). The smallest absolute Gasteiger partial charge is 0.202 e. The zero-order valence-corrected chi connectivity index (χ0v) is 19.3. The molecule has 0 saturated heterocycles. The molecular weight excluding hydrogens is 441 g/mol. The van der Waals surface area contributed by atoms with Crippen molar-refractivity contribution in [1.82, 2.24) is 24.5 Å². The number of nitrogens with zero attached hydrogens (tertiary/aromatic N) is 5. The molecule has 0 saturated carbocycles. The first-order valence-corrected chi connectivity index (χ1v) is 10.6. The van der Waals surface area contributed by atoms with Crippen LogP contribution in [-0.4, -0.2) is 24.5 Å². The fourth-order valence-electron chi connectivity index (χ4n) is 3.48. The number of aromatic nitrogens is 5. The van der Waals surface area contributed by atoms with Crippen LogP contribution in [0.2, 0.25) is 15.1 Å². The van der Waals surface area contributed by atoms with Gasteiger partial charge < -0.3 is 0 Å². The van der Waals surface area contributed by atoms with Gasteiger partial charge in [0.05, 0.1) is 16.4 Å². The van der Waals surface area contributed by atoms with Gasteiger partial charge in [-0.15, -0.1) is 5.10 Å². The molecule has 0 N–H and O–H groups in total. The predicted octanol–water partition coefficient (Wildman–Crippen LogP) is 6.73. The Hall–Kier alpha value is -2.34. The van der Waals surface area contributed by atoms with Crippen LogP contribution in [0.25, 0.3) is 28.5 Å². The number of aryl methyl sites for hydroxylation is 1. The van der Waals surface area contributed by atoms with Crippen LogP contribution in [0.1, 0.15) is 31.2 Å². The van der Waals surface area contributed by atoms with Gasteiger partial charge in [-0.2, -0.15) is 5.10 Å². The Labute approximate surface area is 190 Å². The summed E-state index contributed by atoms with van der Waals surface area (Å²) in [5, 5.41) is 11.2. The van der Waals surface area contributed by atoms with Gasteiger partial charge in [0, 0.05) is 34.1 Å². The molecule has 4 aromatic rings. The second kappa shape index (κ2) is 8.06. The molecule has 30 heavy (non-hydrogen) atoms. The zero-order chi connectivity index (χ0) is 21.6. The van der Waals surface area contributed by atoms with Crippen molar-refractivity contribution in [2.45, 2.75) is 26.7 Å². The quantitative estimate of drug-likeness (QED) is 0.339. The molecule has 0 radical (unpaired) electrons. The minimum Gasteiger partial charge on any atom is -0.252 e. The van der Waals surface area contributed by atoms with Gasteiger partial charge in [0.1, 0.15) is 11.5 Å². The van der Waals surface area contributed by atoms with E-state index in [-0.39, 0.29) is 5.92 Å². The molecule has 154 valence electrons. The van der Waals surface area contributed by atoms with Crippen molar-refractivity contribution in [3.8, 4) is 28.5 Å². The summed E-state index contributed by atoms with van der Waals surface area (Å²) >= 11 is 18.7. The van der Waals surface area contributed by atoms with E-state index in [1.165, 1.54) is 0 Å². The summed E-state index contributed by atoms with van der Waals surface area (Å²) in [6.45, 7) is 6.19. The highest BCUT2D eigenvalue weighted by atomic mass is 35.5. The number of hydrogen-bond donors (Lipinski definition) is 0. The molecule has 2 aromatic carbocycles. The fourth-order valence-corrected chi connectivity index (χ4v) is 4.10. The number of halogens is 3. The third-order valence-corrected chi connectivity index (χ3v) is 5.69. The molecule has 5 nitrogen and oxygen atoms in total. The third-order valence-electron chi connectivity index (χ3n) is 4.90. The van der Waals surface area contributed by atoms with E-state index < -0.39 is 0 Å². The van der Waals surface area contributed by atoms with Gasteiger partial charge in [0.15, 0.2) is 0 Å². The average molecular weight is 461 g/mol. The molecule has 0 fully saturated rings. The van der Waals surface area contributed by atoms with Crippen molar-refractivity contribution in [1.29, 1.82) is 0 Å². The molecule has 0 aliphatic heterocycles. The molecule has 0 unspecified atom stereocenters. The van der Waals surface area contributed by atoms with Gasteiger partial charge in [-0.05, 0) is 37.3 Å². The minimum absolute atomic E-state index is 0.250. The average Bonchev–Trinajstić information content (AvgIpc) is 3.23. The van der Waals surface area contributed by atoms with E-state index in [9.17, 15) is 0 Å². The highest BCUT2D eigenvalue weighted by Gasteiger charge is 2.23. The largest absolute Gasteiger partial charge is 0.252 e. The van der Waals surface area contributed by atoms with E-state index in [1.54, 1.807) is 16.8 Å². The Bertz CT molecular complexity index is 1220. The predicted molar refractivity (Wildman–Crippen MR) is 123 cm³/mol. The first kappa shape index (κ1) is 20.9. The lowest BCUT2D eigenvalue weighted by atomic mass is 10.1. The summed E-state index contributed by atoms with van der Waals surface area (Å²) in [5.74, 6) is 1.73. The highest BCUT2D eigenvalue weighted by Crippen LogP contribution is 2.36. The summed E-state index contributed by atoms with van der Waals surface area (Å²) in [5.41, 5.74) is 4.23. The summed E-state index contributed by atoms with van der Waals surface area (Å²) in [4.78, 5) is 4.73. The molecule has 0 bridgehead atoms. The lowest BCUT2D eigenvalue weighted by Gasteiger charge is -2.11. The van der Waals surface area contributed by atoms with Crippen molar-refractivity contribution < 1.29 is 0 Å². The van der Waals surface area contributed by atoms with E-state index in [0.29, 0.717) is 26.6 Å². The monoisotopic (exact) mass is 459 g/mol. The summed E-state index contributed by atoms with van der Waals surface area (Å²) in [7, 11) is 1.90. The van der Waals surface area contributed by atoms with Crippen LogP contribution in [-0.2, 0) is 7.05 Å². The van der Waals surface area contributed by atoms with Gasteiger partial charge in [0.25, 0.3) is 0 Å².